The van der Waals surface area contributed by atoms with Crippen LogP contribution in [0.5, 0.6) is 11.5 Å². The molecular weight excluding hydrogens is 346 g/mol. The number of hydrogen-bond acceptors (Lipinski definition) is 6. The molecule has 0 spiro atoms. The van der Waals surface area contributed by atoms with Crippen molar-refractivity contribution in [3.05, 3.63) is 48.5 Å². The second-order valence-corrected chi connectivity index (χ2v) is 7.16. The Morgan fingerprint density at radius 3 is 2.04 bits per heavy atom. The van der Waals surface area contributed by atoms with Gasteiger partial charge in [-0.2, -0.15) is 0 Å². The molecule has 0 atom stereocenters. The summed E-state index contributed by atoms with van der Waals surface area (Å²) < 4.78 is 0.656. The fourth-order valence-electron chi connectivity index (χ4n) is 2.11. The molecule has 1 aromatic heterocycles. The van der Waals surface area contributed by atoms with Crippen molar-refractivity contribution < 1.29 is 20.1 Å². The molecule has 122 valence electrons. The van der Waals surface area contributed by atoms with Crippen LogP contribution in [-0.2, 0) is 4.79 Å². The Bertz CT molecular complexity index is 794. The first kappa shape index (κ1) is 16.4. The third-order valence-electron chi connectivity index (χ3n) is 3.20. The fraction of sp³-hybridized carbons (Fsp3) is 0.0588. The van der Waals surface area contributed by atoms with E-state index in [-0.39, 0.29) is 17.3 Å². The number of carboxylic acids is 1. The maximum atomic E-state index is 10.8. The first-order chi connectivity index (χ1) is 11.5. The summed E-state index contributed by atoms with van der Waals surface area (Å²) in [6.07, 6.45) is 0. The molecule has 3 rings (SSSR count). The Labute approximate surface area is 146 Å². The Morgan fingerprint density at radius 2 is 1.50 bits per heavy atom. The van der Waals surface area contributed by atoms with Crippen LogP contribution in [0.2, 0.25) is 0 Å². The summed E-state index contributed by atoms with van der Waals surface area (Å²) in [4.78, 5) is 16.2. The molecule has 0 aliphatic carbocycles. The average Bonchev–Trinajstić information content (AvgIpc) is 2.98. The minimum absolute atomic E-state index is 0.0580. The molecule has 0 aliphatic rings. The molecule has 0 saturated heterocycles. The van der Waals surface area contributed by atoms with Gasteiger partial charge in [0.05, 0.1) is 16.3 Å². The molecule has 5 nitrogen and oxygen atoms in total. The van der Waals surface area contributed by atoms with Crippen molar-refractivity contribution in [1.29, 1.82) is 0 Å². The average molecular weight is 359 g/mol. The maximum Gasteiger partial charge on any atom is 0.313 e. The van der Waals surface area contributed by atoms with Crippen molar-refractivity contribution in [2.24, 2.45) is 0 Å². The zero-order valence-electron chi connectivity index (χ0n) is 12.3. The van der Waals surface area contributed by atoms with E-state index in [1.807, 2.05) is 0 Å². The van der Waals surface area contributed by atoms with Gasteiger partial charge in [0.15, 0.2) is 4.34 Å². The number of carboxylic acid groups (broad SMARTS) is 1. The number of thiazole rings is 1. The van der Waals surface area contributed by atoms with Gasteiger partial charge in [-0.1, -0.05) is 11.8 Å². The number of aromatic nitrogens is 1. The lowest BCUT2D eigenvalue weighted by Crippen LogP contribution is -1.96. The van der Waals surface area contributed by atoms with Crippen LogP contribution in [0.25, 0.3) is 21.7 Å². The number of aliphatic carboxylic acids is 1. The topological polar surface area (TPSA) is 90.7 Å². The highest BCUT2D eigenvalue weighted by atomic mass is 32.2. The van der Waals surface area contributed by atoms with Gasteiger partial charge in [-0.05, 0) is 54.1 Å². The number of phenols is 2. The quantitative estimate of drug-likeness (QED) is 0.595. The highest BCUT2D eigenvalue weighted by Crippen LogP contribution is 2.40. The second-order valence-electron chi connectivity index (χ2n) is 4.93. The van der Waals surface area contributed by atoms with Gasteiger partial charge in [-0.3, -0.25) is 4.79 Å². The zero-order chi connectivity index (χ0) is 17.1. The monoisotopic (exact) mass is 359 g/mol. The van der Waals surface area contributed by atoms with Crippen LogP contribution in [-0.4, -0.2) is 32.0 Å². The van der Waals surface area contributed by atoms with E-state index in [0.29, 0.717) is 4.34 Å². The van der Waals surface area contributed by atoms with E-state index in [9.17, 15) is 15.0 Å². The summed E-state index contributed by atoms with van der Waals surface area (Å²) in [5, 5.41) is 27.8. The molecule has 3 aromatic rings. The molecule has 0 aliphatic heterocycles. The molecule has 24 heavy (non-hydrogen) atoms. The standard InChI is InChI=1S/C17H13NO4S2/c19-12-5-1-10(2-6-12)15-16(11-3-7-13(20)8-4-11)24-17(18-15)23-9-14(21)22/h1-8,19-20H,9H2,(H,21,22). The minimum Gasteiger partial charge on any atom is -0.508 e. The molecule has 0 amide bonds. The van der Waals surface area contributed by atoms with E-state index in [2.05, 4.69) is 4.98 Å². The number of hydrogen-bond donors (Lipinski definition) is 3. The van der Waals surface area contributed by atoms with Crippen molar-refractivity contribution in [2.45, 2.75) is 4.34 Å². The van der Waals surface area contributed by atoms with Crippen LogP contribution in [0.1, 0.15) is 0 Å². The molecular formula is C17H13NO4S2. The van der Waals surface area contributed by atoms with Gasteiger partial charge in [0.25, 0.3) is 0 Å². The van der Waals surface area contributed by atoms with E-state index >= 15 is 0 Å². The van der Waals surface area contributed by atoms with E-state index in [1.165, 1.54) is 23.1 Å². The van der Waals surface area contributed by atoms with Gasteiger partial charge in [0.2, 0.25) is 0 Å². The first-order valence-corrected chi connectivity index (χ1v) is 8.77. The SMILES string of the molecule is O=C(O)CSc1nc(-c2ccc(O)cc2)c(-c2ccc(O)cc2)s1. The van der Waals surface area contributed by atoms with Crippen LogP contribution in [0.4, 0.5) is 0 Å². The summed E-state index contributed by atoms with van der Waals surface area (Å²) >= 11 is 2.57. The molecule has 0 radical (unpaired) electrons. The van der Waals surface area contributed by atoms with Crippen LogP contribution < -0.4 is 0 Å². The normalized spacial score (nSPS) is 10.7. The Morgan fingerprint density at radius 1 is 0.958 bits per heavy atom. The lowest BCUT2D eigenvalue weighted by molar-refractivity contribution is -0.133. The van der Waals surface area contributed by atoms with Gasteiger partial charge in [-0.25, -0.2) is 4.98 Å². The molecule has 7 heteroatoms. The second kappa shape index (κ2) is 6.94. The molecule has 0 unspecified atom stereocenters. The first-order valence-electron chi connectivity index (χ1n) is 6.97. The maximum absolute atomic E-state index is 10.8. The largest absolute Gasteiger partial charge is 0.508 e. The van der Waals surface area contributed by atoms with Crippen molar-refractivity contribution in [3.8, 4) is 33.2 Å². The highest BCUT2D eigenvalue weighted by Gasteiger charge is 2.16. The molecule has 0 fully saturated rings. The van der Waals surface area contributed by atoms with Gasteiger partial charge in [0, 0.05) is 5.56 Å². The number of carbonyl (C=O) groups is 1. The van der Waals surface area contributed by atoms with Crippen LogP contribution >= 0.6 is 23.1 Å². The molecule has 2 aromatic carbocycles. The van der Waals surface area contributed by atoms with Crippen LogP contribution in [0.15, 0.2) is 52.9 Å². The summed E-state index contributed by atoms with van der Waals surface area (Å²) in [6.45, 7) is 0. The summed E-state index contributed by atoms with van der Waals surface area (Å²) in [5.74, 6) is -0.611. The molecule has 0 saturated carbocycles. The molecule has 0 bridgehead atoms. The van der Waals surface area contributed by atoms with Crippen molar-refractivity contribution >= 4 is 29.1 Å². The number of benzene rings is 2. The van der Waals surface area contributed by atoms with Crippen LogP contribution in [0, 0.1) is 0 Å². The fourth-order valence-corrected chi connectivity index (χ4v) is 4.00. The number of rotatable bonds is 5. The number of thioether (sulfide) groups is 1. The Kier molecular flexibility index (Phi) is 4.73. The van der Waals surface area contributed by atoms with Crippen molar-refractivity contribution in [1.82, 2.24) is 4.98 Å². The minimum atomic E-state index is -0.896. The number of phenolic OH excluding ortho intramolecular Hbond substituents is 2. The third-order valence-corrected chi connectivity index (χ3v) is 5.43. The predicted molar refractivity (Wildman–Crippen MR) is 94.7 cm³/mol. The Hall–Kier alpha value is -2.51. The lowest BCUT2D eigenvalue weighted by Gasteiger charge is -2.03. The van der Waals surface area contributed by atoms with E-state index in [1.54, 1.807) is 48.5 Å². The smallest absolute Gasteiger partial charge is 0.313 e. The summed E-state index contributed by atoms with van der Waals surface area (Å²) in [5.41, 5.74) is 2.43. The van der Waals surface area contributed by atoms with Crippen molar-refractivity contribution in [2.75, 3.05) is 5.75 Å². The van der Waals surface area contributed by atoms with Crippen molar-refractivity contribution in [3.63, 3.8) is 0 Å². The van der Waals surface area contributed by atoms with Gasteiger partial charge < -0.3 is 15.3 Å². The van der Waals surface area contributed by atoms with E-state index in [4.69, 9.17) is 5.11 Å². The third kappa shape index (κ3) is 3.69. The Balaban J connectivity index is 2.05. The number of aromatic hydroxyl groups is 2. The van der Waals surface area contributed by atoms with Gasteiger partial charge in [-0.15, -0.1) is 11.3 Å². The van der Waals surface area contributed by atoms with Crippen LogP contribution in [0.3, 0.4) is 0 Å². The summed E-state index contributed by atoms with van der Waals surface area (Å²) in [7, 11) is 0. The summed E-state index contributed by atoms with van der Waals surface area (Å²) in [6, 6.07) is 13.5. The number of nitrogens with zero attached hydrogens (tertiary/aromatic N) is 1. The zero-order valence-corrected chi connectivity index (χ0v) is 14.0. The molecule has 3 N–H and O–H groups in total. The predicted octanol–water partition coefficient (Wildman–Crippen LogP) is 4.07. The molecule has 1 heterocycles. The van der Waals surface area contributed by atoms with E-state index in [0.717, 1.165) is 21.7 Å². The lowest BCUT2D eigenvalue weighted by atomic mass is 10.1. The van der Waals surface area contributed by atoms with E-state index < -0.39 is 5.97 Å². The van der Waals surface area contributed by atoms with Gasteiger partial charge >= 0.3 is 5.97 Å². The van der Waals surface area contributed by atoms with Gasteiger partial charge in [0.1, 0.15) is 11.5 Å². The highest BCUT2D eigenvalue weighted by molar-refractivity contribution is 8.01.